The van der Waals surface area contributed by atoms with Crippen LogP contribution in [0.15, 0.2) is 21.3 Å². The first-order chi connectivity index (χ1) is 13.3. The summed E-state index contributed by atoms with van der Waals surface area (Å²) in [6.07, 6.45) is 2.74. The van der Waals surface area contributed by atoms with Crippen molar-refractivity contribution in [1.29, 1.82) is 0 Å². The van der Waals surface area contributed by atoms with E-state index in [1.54, 1.807) is 7.11 Å². The third-order valence-electron chi connectivity index (χ3n) is 4.87. The predicted octanol–water partition coefficient (Wildman–Crippen LogP) is 3.11. The van der Waals surface area contributed by atoms with Crippen molar-refractivity contribution in [3.63, 3.8) is 0 Å². The number of ether oxygens (including phenoxy) is 1. The number of hydrogen-bond donors (Lipinski definition) is 2. The van der Waals surface area contributed by atoms with Gasteiger partial charge >= 0.3 is 11.6 Å². The number of carbonyl (C=O) groups is 2. The van der Waals surface area contributed by atoms with Crippen LogP contribution in [-0.4, -0.2) is 30.6 Å². The van der Waals surface area contributed by atoms with E-state index in [0.717, 1.165) is 29.4 Å². The molecule has 0 radical (unpaired) electrons. The van der Waals surface area contributed by atoms with Crippen LogP contribution in [0.5, 0.6) is 5.75 Å². The van der Waals surface area contributed by atoms with Crippen molar-refractivity contribution in [2.24, 2.45) is 0 Å². The summed E-state index contributed by atoms with van der Waals surface area (Å²) in [7, 11) is 1.57. The highest BCUT2D eigenvalue weighted by Crippen LogP contribution is 2.29. The van der Waals surface area contributed by atoms with E-state index >= 15 is 0 Å². The van der Waals surface area contributed by atoms with Crippen LogP contribution in [0.4, 0.5) is 0 Å². The van der Waals surface area contributed by atoms with Gasteiger partial charge in [-0.1, -0.05) is 6.42 Å². The Labute approximate surface area is 163 Å². The second kappa shape index (κ2) is 9.92. The highest BCUT2D eigenvalue weighted by atomic mass is 16.5. The summed E-state index contributed by atoms with van der Waals surface area (Å²) < 4.78 is 10.8. The Kier molecular flexibility index (Phi) is 7.61. The number of aliphatic carboxylic acids is 1. The van der Waals surface area contributed by atoms with E-state index in [1.807, 2.05) is 26.0 Å². The fraction of sp³-hybridized carbons (Fsp3) is 0.476. The van der Waals surface area contributed by atoms with Crippen LogP contribution in [0, 0.1) is 13.8 Å². The number of carbonyl (C=O) groups excluding carboxylic acids is 1. The van der Waals surface area contributed by atoms with Crippen molar-refractivity contribution in [3.8, 4) is 5.75 Å². The lowest BCUT2D eigenvalue weighted by molar-refractivity contribution is -0.137. The van der Waals surface area contributed by atoms with Gasteiger partial charge in [0.25, 0.3) is 0 Å². The lowest BCUT2D eigenvalue weighted by Crippen LogP contribution is -2.25. The SMILES string of the molecule is COc1ccc2c(C)c(CCC(=O)NCCCCCC(=O)O)c(=O)oc2c1C. The average Bonchev–Trinajstić information content (AvgIpc) is 2.65. The number of amides is 1. The normalized spacial score (nSPS) is 10.8. The van der Waals surface area contributed by atoms with Gasteiger partial charge in [0.1, 0.15) is 11.3 Å². The Bertz CT molecular complexity index is 915. The topological polar surface area (TPSA) is 106 Å². The van der Waals surface area contributed by atoms with Crippen LogP contribution in [0.1, 0.15) is 48.8 Å². The quantitative estimate of drug-likeness (QED) is 0.478. The number of nitrogens with one attached hydrogen (secondary N) is 1. The number of carboxylic acid groups (broad SMARTS) is 1. The Balaban J connectivity index is 1.96. The maximum atomic E-state index is 12.4. The minimum absolute atomic E-state index is 0.136. The Hall–Kier alpha value is -2.83. The molecule has 0 bridgehead atoms. The maximum absolute atomic E-state index is 12.4. The molecule has 0 unspecified atom stereocenters. The lowest BCUT2D eigenvalue weighted by atomic mass is 10.0. The van der Waals surface area contributed by atoms with Crippen LogP contribution in [0.25, 0.3) is 11.0 Å². The molecule has 1 heterocycles. The first-order valence-corrected chi connectivity index (χ1v) is 9.43. The molecule has 7 heteroatoms. The van der Waals surface area contributed by atoms with Gasteiger partial charge in [0, 0.05) is 35.9 Å². The Morgan fingerprint density at radius 1 is 1.11 bits per heavy atom. The fourth-order valence-electron chi connectivity index (χ4n) is 3.21. The minimum Gasteiger partial charge on any atom is -0.496 e. The van der Waals surface area contributed by atoms with Crippen LogP contribution in [0.2, 0.25) is 0 Å². The Morgan fingerprint density at radius 3 is 2.54 bits per heavy atom. The van der Waals surface area contributed by atoms with Crippen molar-refractivity contribution >= 4 is 22.8 Å². The van der Waals surface area contributed by atoms with E-state index in [9.17, 15) is 14.4 Å². The maximum Gasteiger partial charge on any atom is 0.339 e. The first-order valence-electron chi connectivity index (χ1n) is 9.43. The summed E-state index contributed by atoms with van der Waals surface area (Å²) in [5, 5.41) is 12.2. The number of rotatable bonds is 10. The molecule has 1 aromatic heterocycles. The lowest BCUT2D eigenvalue weighted by Gasteiger charge is -2.11. The molecular formula is C21H27NO6. The van der Waals surface area contributed by atoms with E-state index in [2.05, 4.69) is 5.32 Å². The predicted molar refractivity (Wildman–Crippen MR) is 106 cm³/mol. The van der Waals surface area contributed by atoms with E-state index in [4.69, 9.17) is 14.3 Å². The van der Waals surface area contributed by atoms with Crippen molar-refractivity contribution in [2.75, 3.05) is 13.7 Å². The molecule has 1 amide bonds. The highest BCUT2D eigenvalue weighted by molar-refractivity contribution is 5.85. The molecule has 0 fully saturated rings. The number of carboxylic acids is 1. The summed E-state index contributed by atoms with van der Waals surface area (Å²) in [4.78, 5) is 34.9. The number of aryl methyl sites for hydroxylation is 2. The van der Waals surface area contributed by atoms with Gasteiger partial charge in [0.15, 0.2) is 0 Å². The second-order valence-electron chi connectivity index (χ2n) is 6.82. The van der Waals surface area contributed by atoms with E-state index in [-0.39, 0.29) is 18.7 Å². The molecule has 1 aromatic carbocycles. The van der Waals surface area contributed by atoms with E-state index < -0.39 is 11.6 Å². The summed E-state index contributed by atoms with van der Waals surface area (Å²) in [5.74, 6) is -0.282. The summed E-state index contributed by atoms with van der Waals surface area (Å²) >= 11 is 0. The van der Waals surface area contributed by atoms with Crippen LogP contribution < -0.4 is 15.7 Å². The number of hydrogen-bond acceptors (Lipinski definition) is 5. The molecule has 0 spiro atoms. The van der Waals surface area contributed by atoms with Crippen LogP contribution >= 0.6 is 0 Å². The van der Waals surface area contributed by atoms with E-state index in [0.29, 0.717) is 36.3 Å². The minimum atomic E-state index is -0.803. The fourth-order valence-corrected chi connectivity index (χ4v) is 3.21. The molecule has 2 rings (SSSR count). The van der Waals surface area contributed by atoms with Gasteiger partial charge in [0.2, 0.25) is 5.91 Å². The van der Waals surface area contributed by atoms with Gasteiger partial charge in [-0.25, -0.2) is 4.79 Å². The van der Waals surface area contributed by atoms with Gasteiger partial charge in [0.05, 0.1) is 7.11 Å². The molecule has 0 saturated heterocycles. The van der Waals surface area contributed by atoms with Crippen molar-refractivity contribution < 1.29 is 23.8 Å². The van der Waals surface area contributed by atoms with Crippen molar-refractivity contribution in [1.82, 2.24) is 5.32 Å². The molecule has 152 valence electrons. The molecule has 0 aliphatic carbocycles. The van der Waals surface area contributed by atoms with Crippen LogP contribution in [0.3, 0.4) is 0 Å². The first kappa shape index (κ1) is 21.5. The molecule has 2 N–H and O–H groups in total. The number of benzene rings is 1. The molecule has 0 atom stereocenters. The third kappa shape index (κ3) is 5.34. The Morgan fingerprint density at radius 2 is 1.86 bits per heavy atom. The zero-order chi connectivity index (χ0) is 20.7. The summed E-state index contributed by atoms with van der Waals surface area (Å²) in [5.41, 5.74) is 2.18. The van der Waals surface area contributed by atoms with Gasteiger partial charge in [-0.2, -0.15) is 0 Å². The standard InChI is InChI=1S/C21H27NO6/c1-13-15-8-10-17(27-3)14(2)20(15)28-21(26)16(13)9-11-18(23)22-12-6-4-5-7-19(24)25/h8,10H,4-7,9,11-12H2,1-3H3,(H,22,23)(H,24,25). The highest BCUT2D eigenvalue weighted by Gasteiger charge is 2.15. The second-order valence-corrected chi connectivity index (χ2v) is 6.82. The number of methoxy groups -OCH3 is 1. The van der Waals surface area contributed by atoms with Gasteiger partial charge in [-0.15, -0.1) is 0 Å². The molecule has 0 aliphatic heterocycles. The zero-order valence-electron chi connectivity index (χ0n) is 16.6. The number of unbranched alkanes of at least 4 members (excludes halogenated alkanes) is 2. The molecule has 0 saturated carbocycles. The van der Waals surface area contributed by atoms with Gasteiger partial charge in [-0.05, 0) is 50.8 Å². The van der Waals surface area contributed by atoms with Gasteiger partial charge in [-0.3, -0.25) is 9.59 Å². The van der Waals surface area contributed by atoms with Gasteiger partial charge < -0.3 is 19.6 Å². The number of fused-ring (bicyclic) bond motifs is 1. The molecular weight excluding hydrogens is 362 g/mol. The summed E-state index contributed by atoms with van der Waals surface area (Å²) in [6.45, 7) is 4.21. The summed E-state index contributed by atoms with van der Waals surface area (Å²) in [6, 6.07) is 3.70. The molecule has 28 heavy (non-hydrogen) atoms. The third-order valence-corrected chi connectivity index (χ3v) is 4.87. The molecule has 0 aliphatic rings. The largest absolute Gasteiger partial charge is 0.496 e. The van der Waals surface area contributed by atoms with Crippen LogP contribution in [-0.2, 0) is 16.0 Å². The smallest absolute Gasteiger partial charge is 0.339 e. The van der Waals surface area contributed by atoms with Crippen molar-refractivity contribution in [2.45, 2.75) is 52.4 Å². The van der Waals surface area contributed by atoms with E-state index in [1.165, 1.54) is 0 Å². The zero-order valence-corrected chi connectivity index (χ0v) is 16.6. The molecule has 2 aromatic rings. The van der Waals surface area contributed by atoms with Crippen molar-refractivity contribution in [3.05, 3.63) is 39.2 Å². The monoisotopic (exact) mass is 389 g/mol. The average molecular weight is 389 g/mol. The molecule has 7 nitrogen and oxygen atoms in total.